The first-order valence-electron chi connectivity index (χ1n) is 16.8. The minimum Gasteiger partial charge on any atom is -0.455 e. The average Bonchev–Trinajstić information content (AvgIpc) is 3.89. The van der Waals surface area contributed by atoms with Crippen molar-refractivity contribution in [2.24, 2.45) is 0 Å². The fourth-order valence-corrected chi connectivity index (χ4v) is 10.1. The number of hydrogen-bond donors (Lipinski definition) is 0. The normalized spacial score (nSPS) is 15.0. The maximum absolute atomic E-state index is 6.88. The van der Waals surface area contributed by atoms with Crippen molar-refractivity contribution in [3.8, 4) is 27.9 Å². The summed E-state index contributed by atoms with van der Waals surface area (Å²) in [6, 6.07) is 42.1. The number of benzene rings is 6. The van der Waals surface area contributed by atoms with E-state index in [-0.39, 0.29) is 12.3 Å². The van der Waals surface area contributed by atoms with Crippen molar-refractivity contribution in [1.29, 1.82) is 0 Å². The third-order valence-corrected chi connectivity index (χ3v) is 11.8. The van der Waals surface area contributed by atoms with Crippen LogP contribution in [-0.2, 0) is 5.41 Å². The topological polar surface area (TPSA) is 36.1 Å². The summed E-state index contributed by atoms with van der Waals surface area (Å²) in [6.45, 7) is 4.78. The molecule has 5 heteroatoms. The summed E-state index contributed by atoms with van der Waals surface area (Å²) in [4.78, 5) is 0. The highest BCUT2D eigenvalue weighted by Crippen LogP contribution is 2.56. The van der Waals surface area contributed by atoms with Gasteiger partial charge in [-0.05, 0) is 40.3 Å². The molecule has 0 saturated carbocycles. The average molecular weight is 612 g/mol. The second-order valence-electron chi connectivity index (χ2n) is 14.4. The molecule has 0 bridgehead atoms. The van der Waals surface area contributed by atoms with Crippen LogP contribution in [0.2, 0.25) is 0 Å². The zero-order valence-corrected chi connectivity index (χ0v) is 26.3. The van der Waals surface area contributed by atoms with Gasteiger partial charge < -0.3 is 13.3 Å². The first-order valence-corrected chi connectivity index (χ1v) is 16.8. The van der Waals surface area contributed by atoms with Crippen molar-refractivity contribution in [2.45, 2.75) is 19.3 Å². The Bertz CT molecular complexity index is 3160. The number of furan rings is 2. The van der Waals surface area contributed by atoms with Gasteiger partial charge in [0, 0.05) is 65.9 Å². The Morgan fingerprint density at radius 2 is 1.31 bits per heavy atom. The molecule has 13 rings (SSSR count). The molecule has 4 aromatic heterocycles. The van der Waals surface area contributed by atoms with E-state index in [2.05, 4.69) is 138 Å². The van der Waals surface area contributed by atoms with Crippen LogP contribution >= 0.6 is 0 Å². The van der Waals surface area contributed by atoms with Crippen molar-refractivity contribution in [3.63, 3.8) is 0 Å². The van der Waals surface area contributed by atoms with Gasteiger partial charge >= 0.3 is 6.85 Å². The lowest BCUT2D eigenvalue weighted by Crippen LogP contribution is -2.56. The third-order valence-electron chi connectivity index (χ3n) is 11.8. The van der Waals surface area contributed by atoms with Crippen LogP contribution in [0.15, 0.2) is 124 Å². The van der Waals surface area contributed by atoms with Gasteiger partial charge in [-0.15, -0.1) is 0 Å². The first kappa shape index (κ1) is 24.3. The Labute approximate surface area is 274 Å². The fourth-order valence-electron chi connectivity index (χ4n) is 10.1. The van der Waals surface area contributed by atoms with Crippen LogP contribution in [0.1, 0.15) is 25.1 Å². The number of hydrogen-bond acceptors (Lipinski definition) is 2. The minimum atomic E-state index is -0.180. The van der Waals surface area contributed by atoms with Crippen molar-refractivity contribution in [1.82, 2.24) is 9.05 Å². The zero-order chi connectivity index (χ0) is 31.2. The molecule has 222 valence electrons. The van der Waals surface area contributed by atoms with Crippen molar-refractivity contribution in [2.75, 3.05) is 0 Å². The van der Waals surface area contributed by atoms with E-state index in [0.717, 1.165) is 38.6 Å². The van der Waals surface area contributed by atoms with Gasteiger partial charge in [-0.25, -0.2) is 0 Å². The predicted octanol–water partition coefficient (Wildman–Crippen LogP) is 9.64. The molecule has 0 spiro atoms. The van der Waals surface area contributed by atoms with Gasteiger partial charge in [0.05, 0.1) is 10.9 Å². The van der Waals surface area contributed by atoms with Crippen LogP contribution in [0.25, 0.3) is 93.8 Å². The molecular weight excluding hydrogens is 587 g/mol. The second kappa shape index (κ2) is 7.61. The highest BCUT2D eigenvalue weighted by molar-refractivity contribution is 6.90. The van der Waals surface area contributed by atoms with Crippen LogP contribution in [-0.4, -0.2) is 15.9 Å². The van der Waals surface area contributed by atoms with E-state index in [0.29, 0.717) is 0 Å². The highest BCUT2D eigenvalue weighted by Gasteiger charge is 2.49. The number of nitrogens with zero attached hydrogens (tertiary/aromatic N) is 2. The predicted molar refractivity (Wildman–Crippen MR) is 197 cm³/mol. The Hall–Kier alpha value is -5.94. The molecule has 4 nitrogen and oxygen atoms in total. The molecule has 0 saturated heterocycles. The quantitative estimate of drug-likeness (QED) is 0.160. The summed E-state index contributed by atoms with van der Waals surface area (Å²) in [5, 5.41) is 7.16. The summed E-state index contributed by atoms with van der Waals surface area (Å²) >= 11 is 0. The molecule has 0 fully saturated rings. The standard InChI is InChI=1S/C43H25BN2O2/c1-43(2)29-17-6-3-12-23(29)34-25-14-9-15-27-36-37-31(21-28-22-11-4-7-19-32(22)47-40(28)36)45-39-26(35-24-13-5-8-20-33(24)48-42(35)45)16-10-18-30(39)44(37)46(38(25)27)41(34)43/h3-21H,1-2H3. The van der Waals surface area contributed by atoms with Gasteiger partial charge in [-0.2, -0.15) is 0 Å². The number of fused-ring (bicyclic) bond motifs is 18. The molecule has 0 N–H and O–H groups in total. The van der Waals surface area contributed by atoms with E-state index < -0.39 is 0 Å². The zero-order valence-electron chi connectivity index (χ0n) is 26.3. The summed E-state index contributed by atoms with van der Waals surface area (Å²) < 4.78 is 18.8. The maximum atomic E-state index is 6.88. The minimum absolute atomic E-state index is 0.0381. The molecule has 0 unspecified atom stereocenters. The van der Waals surface area contributed by atoms with Crippen molar-refractivity contribution < 1.29 is 8.83 Å². The van der Waals surface area contributed by atoms with Crippen LogP contribution in [0.3, 0.4) is 0 Å². The van der Waals surface area contributed by atoms with Crippen LogP contribution in [0.4, 0.5) is 0 Å². The van der Waals surface area contributed by atoms with Gasteiger partial charge in [0.2, 0.25) is 5.71 Å². The number of para-hydroxylation sites is 4. The monoisotopic (exact) mass is 612 g/mol. The van der Waals surface area contributed by atoms with Gasteiger partial charge in [-0.1, -0.05) is 111 Å². The molecular formula is C43H25BN2O2. The molecule has 10 aromatic rings. The fraction of sp³-hybridized carbons (Fsp3) is 0.0698. The summed E-state index contributed by atoms with van der Waals surface area (Å²) in [5.41, 5.74) is 17.7. The smallest absolute Gasteiger partial charge is 0.333 e. The maximum Gasteiger partial charge on any atom is 0.333 e. The van der Waals surface area contributed by atoms with E-state index >= 15 is 0 Å². The molecule has 1 aliphatic carbocycles. The van der Waals surface area contributed by atoms with Crippen molar-refractivity contribution in [3.05, 3.63) is 127 Å². The van der Waals surface area contributed by atoms with E-state index in [1.807, 2.05) is 0 Å². The summed E-state index contributed by atoms with van der Waals surface area (Å²) in [7, 11) is 0. The molecule has 3 aliphatic rings. The Morgan fingerprint density at radius 1 is 0.604 bits per heavy atom. The molecule has 0 atom stereocenters. The first-order chi connectivity index (χ1) is 23.6. The van der Waals surface area contributed by atoms with Gasteiger partial charge in [-0.3, -0.25) is 4.57 Å². The molecule has 6 heterocycles. The third kappa shape index (κ3) is 2.42. The Balaban J connectivity index is 1.32. The molecule has 0 radical (unpaired) electrons. The largest absolute Gasteiger partial charge is 0.455 e. The van der Waals surface area contributed by atoms with Gasteiger partial charge in [0.25, 0.3) is 0 Å². The summed E-state index contributed by atoms with van der Waals surface area (Å²) in [5.74, 6) is 0. The highest BCUT2D eigenvalue weighted by atomic mass is 16.3. The van der Waals surface area contributed by atoms with E-state index in [1.165, 1.54) is 77.3 Å². The second-order valence-corrected chi connectivity index (χ2v) is 14.4. The van der Waals surface area contributed by atoms with E-state index in [4.69, 9.17) is 8.83 Å². The Kier molecular flexibility index (Phi) is 3.85. The van der Waals surface area contributed by atoms with Crippen LogP contribution in [0, 0.1) is 0 Å². The Morgan fingerprint density at radius 3 is 2.21 bits per heavy atom. The van der Waals surface area contributed by atoms with Crippen molar-refractivity contribution >= 4 is 83.6 Å². The lowest BCUT2D eigenvalue weighted by molar-refractivity contribution is 0.631. The molecule has 48 heavy (non-hydrogen) atoms. The molecule has 6 aromatic carbocycles. The number of rotatable bonds is 0. The van der Waals surface area contributed by atoms with Gasteiger partial charge in [0.1, 0.15) is 16.7 Å². The lowest BCUT2D eigenvalue weighted by Gasteiger charge is -2.36. The van der Waals surface area contributed by atoms with E-state index in [9.17, 15) is 0 Å². The van der Waals surface area contributed by atoms with E-state index in [1.54, 1.807) is 0 Å². The lowest BCUT2D eigenvalue weighted by atomic mass is 9.45. The number of aromatic nitrogens is 2. The van der Waals surface area contributed by atoms with Crippen LogP contribution in [0.5, 0.6) is 0 Å². The summed E-state index contributed by atoms with van der Waals surface area (Å²) in [6.07, 6.45) is 0. The van der Waals surface area contributed by atoms with Crippen LogP contribution < -0.4 is 10.9 Å². The van der Waals surface area contributed by atoms with Gasteiger partial charge in [0.15, 0.2) is 0 Å². The molecule has 0 amide bonds. The molecule has 2 aliphatic heterocycles. The SMILES string of the molecule is CC1(C)c2ccccc2-c2c1n1c3c(cccc23)-c2c3c(cc4c2oc2ccccc24)-n2c4oc5ccccc5c4c4cccc(c42)B31.